The zero-order valence-electron chi connectivity index (χ0n) is 12.0. The number of hydrogen-bond donors (Lipinski definition) is 2. The highest BCUT2D eigenvalue weighted by atomic mass is 16.2. The largest absolute Gasteiger partial charge is 0.312 e. The summed E-state index contributed by atoms with van der Waals surface area (Å²) in [6, 6.07) is 9.34. The van der Waals surface area contributed by atoms with Crippen LogP contribution in [0, 0.1) is 5.92 Å². The van der Waals surface area contributed by atoms with E-state index in [2.05, 4.69) is 15.5 Å². The van der Waals surface area contributed by atoms with Crippen LogP contribution < -0.4 is 10.6 Å². The summed E-state index contributed by atoms with van der Waals surface area (Å²) in [7, 11) is 0. The highest BCUT2D eigenvalue weighted by Crippen LogP contribution is 2.24. The summed E-state index contributed by atoms with van der Waals surface area (Å²) in [5, 5.41) is 5.98. The standard InChI is InChI=1S/C16H21N3O2/c20-15(18-16(21)12-5-2-1-3-6-12)11-19-9-13-7-4-8-17-14(13)10-19/h1-3,5-6,13-14,17H,4,7-11H2,(H,18,20,21). The molecule has 2 unspecified atom stereocenters. The summed E-state index contributed by atoms with van der Waals surface area (Å²) in [5.41, 5.74) is 0.516. The van der Waals surface area contributed by atoms with Crippen LogP contribution in [0.3, 0.4) is 0 Å². The number of nitrogens with one attached hydrogen (secondary N) is 2. The van der Waals surface area contributed by atoms with E-state index in [1.165, 1.54) is 12.8 Å². The number of imide groups is 1. The minimum atomic E-state index is -0.324. The molecule has 0 aliphatic carbocycles. The molecular weight excluding hydrogens is 266 g/mol. The number of rotatable bonds is 3. The van der Waals surface area contributed by atoms with Crippen molar-refractivity contribution in [2.75, 3.05) is 26.2 Å². The average molecular weight is 287 g/mol. The van der Waals surface area contributed by atoms with E-state index >= 15 is 0 Å². The molecule has 2 heterocycles. The van der Waals surface area contributed by atoms with Gasteiger partial charge in [0.25, 0.3) is 5.91 Å². The van der Waals surface area contributed by atoms with Gasteiger partial charge in [-0.1, -0.05) is 18.2 Å². The zero-order valence-corrected chi connectivity index (χ0v) is 12.0. The normalized spacial score (nSPS) is 25.3. The molecule has 2 amide bonds. The van der Waals surface area contributed by atoms with Gasteiger partial charge >= 0.3 is 0 Å². The molecule has 1 aromatic carbocycles. The minimum absolute atomic E-state index is 0.220. The molecule has 2 N–H and O–H groups in total. The molecule has 5 heteroatoms. The van der Waals surface area contributed by atoms with Crippen LogP contribution in [0.15, 0.2) is 30.3 Å². The van der Waals surface area contributed by atoms with Crippen LogP contribution in [0.1, 0.15) is 23.2 Å². The van der Waals surface area contributed by atoms with Crippen molar-refractivity contribution in [3.05, 3.63) is 35.9 Å². The number of nitrogens with zero attached hydrogens (tertiary/aromatic N) is 1. The van der Waals surface area contributed by atoms with Gasteiger partial charge in [0.15, 0.2) is 0 Å². The highest BCUT2D eigenvalue weighted by molar-refractivity contribution is 6.05. The fourth-order valence-corrected chi connectivity index (χ4v) is 3.30. The maximum Gasteiger partial charge on any atom is 0.257 e. The van der Waals surface area contributed by atoms with E-state index in [1.807, 2.05) is 6.07 Å². The molecule has 0 bridgehead atoms. The van der Waals surface area contributed by atoms with Crippen LogP contribution in [0.4, 0.5) is 0 Å². The van der Waals surface area contributed by atoms with Crippen LogP contribution >= 0.6 is 0 Å². The van der Waals surface area contributed by atoms with E-state index in [0.717, 1.165) is 19.6 Å². The molecule has 2 atom stereocenters. The second-order valence-corrected chi connectivity index (χ2v) is 5.90. The third-order valence-corrected chi connectivity index (χ3v) is 4.33. The SMILES string of the molecule is O=C(CN1CC2CCCNC2C1)NC(=O)c1ccccc1. The number of fused-ring (bicyclic) bond motifs is 1. The number of amides is 2. The van der Waals surface area contributed by atoms with Crippen molar-refractivity contribution in [2.45, 2.75) is 18.9 Å². The molecule has 0 radical (unpaired) electrons. The number of carbonyl (C=O) groups excluding carboxylic acids is 2. The Morgan fingerprint density at radius 2 is 2.05 bits per heavy atom. The monoisotopic (exact) mass is 287 g/mol. The number of hydrogen-bond acceptors (Lipinski definition) is 4. The number of likely N-dealkylation sites (tertiary alicyclic amines) is 1. The van der Waals surface area contributed by atoms with Gasteiger partial charge in [0.2, 0.25) is 5.91 Å². The molecule has 112 valence electrons. The Morgan fingerprint density at radius 3 is 2.81 bits per heavy atom. The van der Waals surface area contributed by atoms with Crippen LogP contribution in [0.5, 0.6) is 0 Å². The van der Waals surface area contributed by atoms with Crippen LogP contribution in [0.25, 0.3) is 0 Å². The molecule has 1 aromatic rings. The third-order valence-electron chi connectivity index (χ3n) is 4.33. The fourth-order valence-electron chi connectivity index (χ4n) is 3.30. The summed E-state index contributed by atoms with van der Waals surface area (Å²) < 4.78 is 0. The second kappa shape index (κ2) is 6.37. The Morgan fingerprint density at radius 1 is 1.24 bits per heavy atom. The Hall–Kier alpha value is -1.72. The number of benzene rings is 1. The maximum absolute atomic E-state index is 12.0. The van der Waals surface area contributed by atoms with Crippen molar-refractivity contribution in [1.82, 2.24) is 15.5 Å². The Balaban J connectivity index is 1.49. The molecule has 0 spiro atoms. The van der Waals surface area contributed by atoms with Gasteiger partial charge < -0.3 is 5.32 Å². The van der Waals surface area contributed by atoms with Gasteiger partial charge in [-0.2, -0.15) is 0 Å². The van der Waals surface area contributed by atoms with Crippen molar-refractivity contribution >= 4 is 11.8 Å². The smallest absolute Gasteiger partial charge is 0.257 e. The summed E-state index contributed by atoms with van der Waals surface area (Å²) in [6.07, 6.45) is 2.45. The minimum Gasteiger partial charge on any atom is -0.312 e. The van der Waals surface area contributed by atoms with Crippen LogP contribution in [-0.2, 0) is 4.79 Å². The van der Waals surface area contributed by atoms with Gasteiger partial charge in [-0.25, -0.2) is 0 Å². The van der Waals surface area contributed by atoms with E-state index < -0.39 is 0 Å². The second-order valence-electron chi connectivity index (χ2n) is 5.90. The Bertz CT molecular complexity index is 504. The lowest BCUT2D eigenvalue weighted by atomic mass is 9.94. The van der Waals surface area contributed by atoms with Crippen molar-refractivity contribution in [2.24, 2.45) is 5.92 Å². The van der Waals surface area contributed by atoms with Gasteiger partial charge in [-0.15, -0.1) is 0 Å². The first-order chi connectivity index (χ1) is 10.2. The lowest BCUT2D eigenvalue weighted by Gasteiger charge is -2.24. The Kier molecular flexibility index (Phi) is 4.31. The molecule has 2 aliphatic rings. The van der Waals surface area contributed by atoms with Gasteiger partial charge in [0, 0.05) is 24.7 Å². The van der Waals surface area contributed by atoms with E-state index in [4.69, 9.17) is 0 Å². The molecule has 3 rings (SSSR count). The van der Waals surface area contributed by atoms with E-state index in [9.17, 15) is 9.59 Å². The highest BCUT2D eigenvalue weighted by Gasteiger charge is 2.34. The van der Waals surface area contributed by atoms with Crippen molar-refractivity contribution < 1.29 is 9.59 Å². The predicted molar refractivity (Wildman–Crippen MR) is 79.9 cm³/mol. The first kappa shape index (κ1) is 14.2. The average Bonchev–Trinajstić information content (AvgIpc) is 2.90. The molecule has 2 saturated heterocycles. The molecule has 2 fully saturated rings. The predicted octanol–water partition coefficient (Wildman–Crippen LogP) is 0.627. The Labute approximate surface area is 124 Å². The lowest BCUT2D eigenvalue weighted by molar-refractivity contribution is -0.121. The van der Waals surface area contributed by atoms with Crippen LogP contribution in [-0.4, -0.2) is 48.9 Å². The summed E-state index contributed by atoms with van der Waals surface area (Å²) in [6.45, 7) is 3.23. The van der Waals surface area contributed by atoms with Gasteiger partial charge in [-0.3, -0.25) is 19.8 Å². The molecule has 0 saturated carbocycles. The summed E-state index contributed by atoms with van der Waals surface area (Å²) >= 11 is 0. The molecule has 2 aliphatic heterocycles. The first-order valence-corrected chi connectivity index (χ1v) is 7.57. The van der Waals surface area contributed by atoms with E-state index in [1.54, 1.807) is 24.3 Å². The van der Waals surface area contributed by atoms with E-state index in [0.29, 0.717) is 24.1 Å². The summed E-state index contributed by atoms with van der Waals surface area (Å²) in [5.74, 6) is 0.106. The molecule has 0 aromatic heterocycles. The third kappa shape index (κ3) is 3.49. The first-order valence-electron chi connectivity index (χ1n) is 7.57. The van der Waals surface area contributed by atoms with Crippen LogP contribution in [0.2, 0.25) is 0 Å². The van der Waals surface area contributed by atoms with Crippen molar-refractivity contribution in [3.63, 3.8) is 0 Å². The topological polar surface area (TPSA) is 61.4 Å². The maximum atomic E-state index is 12.0. The zero-order chi connectivity index (χ0) is 14.7. The number of piperidine rings is 1. The molecular formula is C16H21N3O2. The molecule has 5 nitrogen and oxygen atoms in total. The van der Waals surface area contributed by atoms with Gasteiger partial charge in [0.1, 0.15) is 0 Å². The molecule has 21 heavy (non-hydrogen) atoms. The van der Waals surface area contributed by atoms with Crippen molar-refractivity contribution in [1.29, 1.82) is 0 Å². The quantitative estimate of drug-likeness (QED) is 0.856. The van der Waals surface area contributed by atoms with Gasteiger partial charge in [0.05, 0.1) is 6.54 Å². The van der Waals surface area contributed by atoms with Gasteiger partial charge in [-0.05, 0) is 37.4 Å². The number of carbonyl (C=O) groups is 2. The lowest BCUT2D eigenvalue weighted by Crippen LogP contribution is -2.42. The van der Waals surface area contributed by atoms with E-state index in [-0.39, 0.29) is 11.8 Å². The fraction of sp³-hybridized carbons (Fsp3) is 0.500. The summed E-state index contributed by atoms with van der Waals surface area (Å²) in [4.78, 5) is 26.1. The van der Waals surface area contributed by atoms with Crippen molar-refractivity contribution in [3.8, 4) is 0 Å².